The molecular weight excluding hydrogens is 236 g/mol. The third kappa shape index (κ3) is 1.73. The van der Waals surface area contributed by atoms with Gasteiger partial charge in [0.05, 0.1) is 0 Å². The van der Waals surface area contributed by atoms with Gasteiger partial charge >= 0.3 is 0 Å². The van der Waals surface area contributed by atoms with Gasteiger partial charge < -0.3 is 0 Å². The van der Waals surface area contributed by atoms with Gasteiger partial charge in [-0.05, 0) is 11.1 Å². The number of hydrogen-bond donors (Lipinski definition) is 0. The van der Waals surface area contributed by atoms with E-state index in [1.165, 1.54) is 0 Å². The molecule has 0 heterocycles. The van der Waals surface area contributed by atoms with Crippen LogP contribution in [0.3, 0.4) is 0 Å². The number of carbonyl (C=O) groups is 2. The summed E-state index contributed by atoms with van der Waals surface area (Å²) in [4.78, 5) is 24.6. The van der Waals surface area contributed by atoms with Crippen molar-refractivity contribution in [3.05, 3.63) is 77.4 Å². The molecule has 2 aromatic carbocycles. The standard InChI is InChI=1S/C17H12O2/c1-2-11-7-9-12(10-8-11)15-16(18)13-5-3-4-6-14(13)17(15)19/h2-10,15H,1H2. The van der Waals surface area contributed by atoms with E-state index < -0.39 is 5.92 Å². The van der Waals surface area contributed by atoms with Crippen molar-refractivity contribution in [3.63, 3.8) is 0 Å². The van der Waals surface area contributed by atoms with Crippen LogP contribution < -0.4 is 0 Å². The number of Topliss-reactive ketones (excluding diaryl/α,β-unsaturated/α-hetero) is 2. The van der Waals surface area contributed by atoms with Gasteiger partial charge in [-0.25, -0.2) is 0 Å². The summed E-state index contributed by atoms with van der Waals surface area (Å²) in [5.74, 6) is -0.893. The Balaban J connectivity index is 2.06. The zero-order chi connectivity index (χ0) is 13.4. The average molecular weight is 248 g/mol. The fourth-order valence-electron chi connectivity index (χ4n) is 2.47. The second-order valence-corrected chi connectivity index (χ2v) is 4.58. The first-order valence-electron chi connectivity index (χ1n) is 6.12. The molecule has 0 unspecified atom stereocenters. The minimum absolute atomic E-state index is 0.105. The smallest absolute Gasteiger partial charge is 0.178 e. The minimum Gasteiger partial charge on any atom is -0.293 e. The number of fused-ring (bicyclic) bond motifs is 1. The van der Waals surface area contributed by atoms with Crippen molar-refractivity contribution < 1.29 is 9.59 Å². The van der Waals surface area contributed by atoms with E-state index in [1.54, 1.807) is 30.3 Å². The van der Waals surface area contributed by atoms with Crippen LogP contribution in [0, 0.1) is 0 Å². The molecule has 2 aromatic rings. The summed E-state index contributed by atoms with van der Waals surface area (Å²) in [5, 5.41) is 0. The highest BCUT2D eigenvalue weighted by Gasteiger charge is 2.38. The van der Waals surface area contributed by atoms with Crippen molar-refractivity contribution in [2.75, 3.05) is 0 Å². The van der Waals surface area contributed by atoms with E-state index in [9.17, 15) is 9.59 Å². The zero-order valence-corrected chi connectivity index (χ0v) is 10.3. The molecule has 0 saturated heterocycles. The first-order chi connectivity index (χ1) is 9.22. The van der Waals surface area contributed by atoms with Crippen LogP contribution in [0.25, 0.3) is 6.08 Å². The molecule has 0 bridgehead atoms. The van der Waals surface area contributed by atoms with E-state index in [0.717, 1.165) is 11.1 Å². The lowest BCUT2D eigenvalue weighted by atomic mass is 9.93. The van der Waals surface area contributed by atoms with Crippen molar-refractivity contribution in [2.45, 2.75) is 5.92 Å². The normalized spacial score (nSPS) is 14.5. The molecular formula is C17H12O2. The maximum absolute atomic E-state index is 12.3. The van der Waals surface area contributed by atoms with Crippen molar-refractivity contribution in [3.8, 4) is 0 Å². The number of rotatable bonds is 2. The van der Waals surface area contributed by atoms with Gasteiger partial charge in [0.15, 0.2) is 11.6 Å². The van der Waals surface area contributed by atoms with E-state index in [4.69, 9.17) is 0 Å². The summed E-state index contributed by atoms with van der Waals surface area (Å²) in [5.41, 5.74) is 2.78. The van der Waals surface area contributed by atoms with E-state index in [1.807, 2.05) is 24.3 Å². The third-order valence-electron chi connectivity index (χ3n) is 3.49. The molecule has 0 saturated carbocycles. The summed E-state index contributed by atoms with van der Waals surface area (Å²) in [6, 6.07) is 14.4. The summed E-state index contributed by atoms with van der Waals surface area (Å²) in [6.07, 6.45) is 1.73. The molecule has 2 heteroatoms. The molecule has 1 aliphatic rings. The SMILES string of the molecule is C=Cc1ccc(C2C(=O)c3ccccc3C2=O)cc1. The predicted octanol–water partition coefficient (Wildman–Crippen LogP) is 3.49. The summed E-state index contributed by atoms with van der Waals surface area (Å²) < 4.78 is 0. The fourth-order valence-corrected chi connectivity index (χ4v) is 2.47. The molecule has 0 N–H and O–H groups in total. The van der Waals surface area contributed by atoms with Gasteiger partial charge in [-0.2, -0.15) is 0 Å². The second-order valence-electron chi connectivity index (χ2n) is 4.58. The predicted molar refractivity (Wildman–Crippen MR) is 74.4 cm³/mol. The Labute approximate surface area is 111 Å². The zero-order valence-electron chi connectivity index (χ0n) is 10.3. The lowest BCUT2D eigenvalue weighted by Gasteiger charge is -2.07. The van der Waals surface area contributed by atoms with Gasteiger partial charge in [0.25, 0.3) is 0 Å². The van der Waals surface area contributed by atoms with Crippen LogP contribution in [0.15, 0.2) is 55.1 Å². The van der Waals surface area contributed by atoms with Crippen molar-refractivity contribution in [2.24, 2.45) is 0 Å². The molecule has 2 nitrogen and oxygen atoms in total. The Morgan fingerprint density at radius 3 is 1.84 bits per heavy atom. The number of benzene rings is 2. The Morgan fingerprint density at radius 2 is 1.37 bits per heavy atom. The average Bonchev–Trinajstić information content (AvgIpc) is 2.72. The first kappa shape index (κ1) is 11.6. The quantitative estimate of drug-likeness (QED) is 0.762. The van der Waals surface area contributed by atoms with Crippen LogP contribution in [-0.2, 0) is 0 Å². The topological polar surface area (TPSA) is 34.1 Å². The van der Waals surface area contributed by atoms with Crippen LogP contribution in [0.2, 0.25) is 0 Å². The molecule has 3 rings (SSSR count). The summed E-state index contributed by atoms with van der Waals surface area (Å²) >= 11 is 0. The van der Waals surface area contributed by atoms with Crippen LogP contribution >= 0.6 is 0 Å². The van der Waals surface area contributed by atoms with Crippen molar-refractivity contribution >= 4 is 17.6 Å². The molecule has 0 atom stereocenters. The number of ketones is 2. The van der Waals surface area contributed by atoms with Crippen LogP contribution in [0.4, 0.5) is 0 Å². The Kier molecular flexibility index (Phi) is 2.64. The molecule has 92 valence electrons. The van der Waals surface area contributed by atoms with Crippen LogP contribution in [0.1, 0.15) is 37.8 Å². The maximum Gasteiger partial charge on any atom is 0.178 e. The van der Waals surface area contributed by atoms with E-state index in [2.05, 4.69) is 6.58 Å². The summed E-state index contributed by atoms with van der Waals surface area (Å²) in [6.45, 7) is 3.69. The van der Waals surface area contributed by atoms with E-state index in [-0.39, 0.29) is 11.6 Å². The molecule has 1 aliphatic carbocycles. The first-order valence-corrected chi connectivity index (χ1v) is 6.12. The highest BCUT2D eigenvalue weighted by Crippen LogP contribution is 2.33. The molecule has 19 heavy (non-hydrogen) atoms. The van der Waals surface area contributed by atoms with Crippen LogP contribution in [0.5, 0.6) is 0 Å². The number of hydrogen-bond acceptors (Lipinski definition) is 2. The molecule has 0 radical (unpaired) electrons. The van der Waals surface area contributed by atoms with Gasteiger partial charge in [0, 0.05) is 11.1 Å². The largest absolute Gasteiger partial charge is 0.293 e. The Bertz CT molecular complexity index is 646. The third-order valence-corrected chi connectivity index (χ3v) is 3.49. The molecule has 0 fully saturated rings. The molecule has 0 amide bonds. The maximum atomic E-state index is 12.3. The van der Waals surface area contributed by atoms with Crippen molar-refractivity contribution in [1.29, 1.82) is 0 Å². The van der Waals surface area contributed by atoms with Gasteiger partial charge in [-0.3, -0.25) is 9.59 Å². The Hall–Kier alpha value is -2.48. The lowest BCUT2D eigenvalue weighted by molar-refractivity contribution is 0.0890. The van der Waals surface area contributed by atoms with Crippen molar-refractivity contribution in [1.82, 2.24) is 0 Å². The van der Waals surface area contributed by atoms with Crippen LogP contribution in [-0.4, -0.2) is 11.6 Å². The minimum atomic E-state index is -0.684. The number of carbonyl (C=O) groups excluding carboxylic acids is 2. The highest BCUT2D eigenvalue weighted by atomic mass is 16.2. The highest BCUT2D eigenvalue weighted by molar-refractivity contribution is 6.29. The van der Waals surface area contributed by atoms with Gasteiger partial charge in [0.1, 0.15) is 5.92 Å². The van der Waals surface area contributed by atoms with E-state index in [0.29, 0.717) is 11.1 Å². The monoisotopic (exact) mass is 248 g/mol. The molecule has 0 aliphatic heterocycles. The molecule has 0 spiro atoms. The lowest BCUT2D eigenvalue weighted by Crippen LogP contribution is -2.12. The second kappa shape index (κ2) is 4.32. The van der Waals surface area contributed by atoms with Gasteiger partial charge in [0.2, 0.25) is 0 Å². The van der Waals surface area contributed by atoms with Gasteiger partial charge in [-0.1, -0.05) is 61.2 Å². The fraction of sp³-hybridized carbons (Fsp3) is 0.0588. The van der Waals surface area contributed by atoms with E-state index >= 15 is 0 Å². The Morgan fingerprint density at radius 1 is 0.842 bits per heavy atom. The summed E-state index contributed by atoms with van der Waals surface area (Å²) in [7, 11) is 0. The van der Waals surface area contributed by atoms with Gasteiger partial charge in [-0.15, -0.1) is 0 Å². The molecule has 0 aromatic heterocycles.